The van der Waals surface area contributed by atoms with Gasteiger partial charge in [0.2, 0.25) is 0 Å². The van der Waals surface area contributed by atoms with Crippen molar-refractivity contribution < 1.29 is 13.3 Å². The van der Waals surface area contributed by atoms with Gasteiger partial charge in [0, 0.05) is 33.3 Å². The Kier molecular flexibility index (Phi) is 37.2. The average molecular weight is 648 g/mol. The van der Waals surface area contributed by atoms with E-state index in [4.69, 9.17) is 24.9 Å². The third-order valence-corrected chi connectivity index (χ3v) is 12.6. The second-order valence-corrected chi connectivity index (χ2v) is 16.9. The van der Waals surface area contributed by atoms with Crippen LogP contribution in [0.2, 0.25) is 6.04 Å². The third kappa shape index (κ3) is 32.1. The molecule has 0 aromatic heterocycles. The van der Waals surface area contributed by atoms with Crippen molar-refractivity contribution in [2.75, 3.05) is 27.2 Å². The molecule has 0 radical (unpaired) electrons. The Hall–Kier alpha value is 0.387. The van der Waals surface area contributed by atoms with E-state index < -0.39 is 8.80 Å². The van der Waals surface area contributed by atoms with E-state index >= 15 is 0 Å². The fourth-order valence-corrected chi connectivity index (χ4v) is 8.46. The van der Waals surface area contributed by atoms with E-state index in [9.17, 15) is 0 Å². The highest BCUT2D eigenvalue weighted by Crippen LogP contribution is 2.19. The Balaban J connectivity index is 3.12. The summed E-state index contributed by atoms with van der Waals surface area (Å²) >= 11 is 5.73. The third-order valence-electron chi connectivity index (χ3n) is 9.55. The van der Waals surface area contributed by atoms with Crippen LogP contribution in [0.1, 0.15) is 212 Å². The molecule has 260 valence electrons. The first-order valence-corrected chi connectivity index (χ1v) is 21.9. The molecule has 43 heavy (non-hydrogen) atoms. The van der Waals surface area contributed by atoms with Crippen LogP contribution in [-0.4, -0.2) is 36.0 Å². The van der Waals surface area contributed by atoms with Crippen LogP contribution in [0, 0.1) is 0 Å². The van der Waals surface area contributed by atoms with Gasteiger partial charge in [-0.05, 0) is 12.8 Å². The fourth-order valence-electron chi connectivity index (χ4n) is 6.47. The summed E-state index contributed by atoms with van der Waals surface area (Å²) in [5.74, 6) is 0.842. The van der Waals surface area contributed by atoms with Gasteiger partial charge in [0.15, 0.2) is 0 Å². The van der Waals surface area contributed by atoms with Gasteiger partial charge in [-0.15, -0.1) is 11.6 Å². The first-order valence-electron chi connectivity index (χ1n) is 19.5. The number of halogens is 1. The van der Waals surface area contributed by atoms with Gasteiger partial charge in [0.1, 0.15) is 0 Å². The Morgan fingerprint density at radius 2 is 0.442 bits per heavy atom. The molecule has 0 aromatic rings. The van der Waals surface area contributed by atoms with Gasteiger partial charge in [-0.25, -0.2) is 0 Å². The first-order chi connectivity index (χ1) is 21.2. The van der Waals surface area contributed by atoms with Crippen molar-refractivity contribution in [3.05, 3.63) is 0 Å². The van der Waals surface area contributed by atoms with Crippen LogP contribution in [0.4, 0.5) is 0 Å². The first kappa shape index (κ1) is 43.4. The summed E-state index contributed by atoms with van der Waals surface area (Å²) in [6, 6.07) is 0.939. The van der Waals surface area contributed by atoms with E-state index in [2.05, 4.69) is 0 Å². The maximum Gasteiger partial charge on any atom is 0.500 e. The summed E-state index contributed by atoms with van der Waals surface area (Å²) in [6.07, 6.45) is 47.0. The molecule has 0 N–H and O–H groups in total. The molecular weight excluding hydrogens is 568 g/mol. The van der Waals surface area contributed by atoms with Crippen molar-refractivity contribution >= 4 is 20.4 Å². The van der Waals surface area contributed by atoms with Crippen molar-refractivity contribution in [3.8, 4) is 0 Å². The standard InChI is InChI=1S/C38H79ClO3Si/c1-40-43(41-2,42-3)38-36-34-32-30-28-26-24-22-20-18-16-14-12-10-8-6-4-5-7-9-11-13-15-17-19-21-23-25-27-29-31-33-35-37-39/h4-38H2,1-3H3. The zero-order valence-electron chi connectivity index (χ0n) is 29.9. The zero-order valence-corrected chi connectivity index (χ0v) is 31.6. The van der Waals surface area contributed by atoms with Crippen molar-refractivity contribution in [2.24, 2.45) is 0 Å². The van der Waals surface area contributed by atoms with Gasteiger partial charge >= 0.3 is 8.80 Å². The molecule has 0 fully saturated rings. The zero-order chi connectivity index (χ0) is 31.4. The van der Waals surface area contributed by atoms with Crippen LogP contribution in [0.25, 0.3) is 0 Å². The molecule has 5 heteroatoms. The molecule has 3 nitrogen and oxygen atoms in total. The number of alkyl halides is 1. The summed E-state index contributed by atoms with van der Waals surface area (Å²) in [4.78, 5) is 0. The minimum absolute atomic E-state index is 0.842. The van der Waals surface area contributed by atoms with E-state index in [0.29, 0.717) is 0 Å². The molecule has 0 heterocycles. The van der Waals surface area contributed by atoms with Gasteiger partial charge in [-0.1, -0.05) is 199 Å². The fraction of sp³-hybridized carbons (Fsp3) is 1.00. The van der Waals surface area contributed by atoms with Gasteiger partial charge in [0.25, 0.3) is 0 Å². The monoisotopic (exact) mass is 647 g/mol. The molecule has 0 amide bonds. The van der Waals surface area contributed by atoms with Crippen LogP contribution in [0.5, 0.6) is 0 Å². The average Bonchev–Trinajstić information content (AvgIpc) is 3.03. The number of rotatable bonds is 38. The summed E-state index contributed by atoms with van der Waals surface area (Å²) in [7, 11) is 2.79. The summed E-state index contributed by atoms with van der Waals surface area (Å²) < 4.78 is 16.5. The summed E-state index contributed by atoms with van der Waals surface area (Å²) in [5.41, 5.74) is 0. The lowest BCUT2D eigenvalue weighted by molar-refractivity contribution is 0.122. The van der Waals surface area contributed by atoms with Gasteiger partial charge < -0.3 is 13.3 Å². The van der Waals surface area contributed by atoms with E-state index in [-0.39, 0.29) is 0 Å². The van der Waals surface area contributed by atoms with Crippen LogP contribution in [0.15, 0.2) is 0 Å². The molecule has 0 aliphatic rings. The summed E-state index contributed by atoms with van der Waals surface area (Å²) in [5, 5.41) is 0. The molecule has 0 rings (SSSR count). The molecule has 0 unspecified atom stereocenters. The molecule has 0 saturated heterocycles. The maximum absolute atomic E-state index is 5.73. The lowest BCUT2D eigenvalue weighted by atomic mass is 10.0. The van der Waals surface area contributed by atoms with Gasteiger partial charge in [-0.3, -0.25) is 0 Å². The lowest BCUT2D eigenvalue weighted by Crippen LogP contribution is -2.42. The molecule has 0 aromatic carbocycles. The van der Waals surface area contributed by atoms with Crippen LogP contribution in [0.3, 0.4) is 0 Å². The van der Waals surface area contributed by atoms with Crippen LogP contribution >= 0.6 is 11.6 Å². The van der Waals surface area contributed by atoms with Crippen LogP contribution in [-0.2, 0) is 13.3 Å². The maximum atomic E-state index is 5.73. The highest BCUT2D eigenvalue weighted by Gasteiger charge is 2.36. The lowest BCUT2D eigenvalue weighted by Gasteiger charge is -2.24. The van der Waals surface area contributed by atoms with Crippen molar-refractivity contribution in [2.45, 2.75) is 218 Å². The molecule has 0 atom stereocenters. The second-order valence-electron chi connectivity index (χ2n) is 13.4. The second kappa shape index (κ2) is 36.9. The van der Waals surface area contributed by atoms with E-state index in [0.717, 1.165) is 18.3 Å². The van der Waals surface area contributed by atoms with E-state index in [1.807, 2.05) is 0 Å². The Morgan fingerprint density at radius 3 is 0.605 bits per heavy atom. The predicted octanol–water partition coefficient (Wildman–Crippen LogP) is 14.0. The van der Waals surface area contributed by atoms with Crippen molar-refractivity contribution in [1.82, 2.24) is 0 Å². The van der Waals surface area contributed by atoms with Gasteiger partial charge in [-0.2, -0.15) is 0 Å². The Bertz CT molecular complexity index is 495. The minimum Gasteiger partial charge on any atom is -0.377 e. The number of hydrogen-bond acceptors (Lipinski definition) is 3. The normalized spacial score (nSPS) is 12.0. The van der Waals surface area contributed by atoms with Gasteiger partial charge in [0.05, 0.1) is 0 Å². The smallest absolute Gasteiger partial charge is 0.377 e. The van der Waals surface area contributed by atoms with Crippen molar-refractivity contribution in [1.29, 1.82) is 0 Å². The minimum atomic E-state index is -2.34. The largest absolute Gasteiger partial charge is 0.500 e. The number of unbranched alkanes of at least 4 members (excludes halogenated alkanes) is 32. The Labute approximate surface area is 278 Å². The highest BCUT2D eigenvalue weighted by molar-refractivity contribution is 6.60. The SMILES string of the molecule is CO[Si](CCCCCCCCCCCCCCCCCCCCCCCCCCCCCCCCCCCCl)(OC)OC. The molecule has 0 aliphatic carbocycles. The number of hydrogen-bond donors (Lipinski definition) is 0. The molecular formula is C38H79ClO3Si. The molecule has 0 saturated carbocycles. The highest BCUT2D eigenvalue weighted by atomic mass is 35.5. The Morgan fingerprint density at radius 1 is 0.279 bits per heavy atom. The summed E-state index contributed by atoms with van der Waals surface area (Å²) in [6.45, 7) is 0. The quantitative estimate of drug-likeness (QED) is 0.0379. The topological polar surface area (TPSA) is 27.7 Å². The molecule has 0 spiro atoms. The van der Waals surface area contributed by atoms with Crippen molar-refractivity contribution in [3.63, 3.8) is 0 Å². The van der Waals surface area contributed by atoms with E-state index in [1.54, 1.807) is 21.3 Å². The van der Waals surface area contributed by atoms with E-state index in [1.165, 1.54) is 205 Å². The predicted molar refractivity (Wildman–Crippen MR) is 195 cm³/mol. The molecule has 0 aliphatic heterocycles. The van der Waals surface area contributed by atoms with Crippen LogP contribution < -0.4 is 0 Å². The molecule has 0 bridgehead atoms.